The number of nitrogens with zero attached hydrogens (tertiary/aromatic N) is 1. The van der Waals surface area contributed by atoms with Crippen LogP contribution in [-0.4, -0.2) is 92.1 Å². The molecule has 0 radical (unpaired) electrons. The van der Waals surface area contributed by atoms with Crippen LogP contribution in [0.2, 0.25) is 0 Å². The molecule has 4 aliphatic carbocycles. The van der Waals surface area contributed by atoms with Crippen molar-refractivity contribution in [3.8, 4) is 0 Å². The zero-order valence-electron chi connectivity index (χ0n) is 31.8. The van der Waals surface area contributed by atoms with Gasteiger partial charge < -0.3 is 38.9 Å². The predicted molar refractivity (Wildman–Crippen MR) is 184 cm³/mol. The van der Waals surface area contributed by atoms with E-state index in [2.05, 4.69) is 24.4 Å². The molecule has 13 atom stereocenters. The lowest BCUT2D eigenvalue weighted by atomic mass is 9.44. The van der Waals surface area contributed by atoms with Crippen molar-refractivity contribution in [2.24, 2.45) is 51.3 Å². The first-order valence-corrected chi connectivity index (χ1v) is 18.6. The van der Waals surface area contributed by atoms with E-state index >= 15 is 0 Å². The monoisotopic (exact) mass is 749 g/mol. The predicted octanol–water partition coefficient (Wildman–Crippen LogP) is 3.31. The Labute approximate surface area is 309 Å². The van der Waals surface area contributed by atoms with E-state index in [-0.39, 0.29) is 29.5 Å². The number of carbonyl (C=O) groups is 6. The van der Waals surface area contributed by atoms with Gasteiger partial charge in [0.05, 0.1) is 18.9 Å². The third kappa shape index (κ3) is 8.48. The van der Waals surface area contributed by atoms with Crippen LogP contribution in [0.5, 0.6) is 0 Å². The molecule has 1 aliphatic heterocycles. The van der Waals surface area contributed by atoms with E-state index in [1.54, 1.807) is 0 Å². The quantitative estimate of drug-likeness (QED) is 0.108. The molecule has 16 nitrogen and oxygen atoms in total. The van der Waals surface area contributed by atoms with Crippen molar-refractivity contribution in [1.29, 1.82) is 0 Å². The van der Waals surface area contributed by atoms with Crippen molar-refractivity contribution in [3.05, 3.63) is 0 Å². The summed E-state index contributed by atoms with van der Waals surface area (Å²) in [5.41, 5.74) is 8.29. The molecule has 5 aliphatic rings. The molecule has 5 fully saturated rings. The summed E-state index contributed by atoms with van der Waals surface area (Å²) in [5.74, 6) is -1.71. The van der Waals surface area contributed by atoms with Crippen molar-refractivity contribution >= 4 is 41.6 Å². The molecular formula is C37H55N3O13. The third-order valence-electron chi connectivity index (χ3n) is 12.9. The molecule has 4 saturated carbocycles. The first-order chi connectivity index (χ1) is 25.0. The Kier molecular flexibility index (Phi) is 12.4. The summed E-state index contributed by atoms with van der Waals surface area (Å²) in [6.07, 6.45) is 0.869. The number of hydrazone groups is 1. The lowest BCUT2D eigenvalue weighted by Crippen LogP contribution is -2.64. The minimum Gasteiger partial charge on any atom is -0.467 e. The molecule has 2 amide bonds. The number of hydrogen-bond acceptors (Lipinski definition) is 14. The largest absolute Gasteiger partial charge is 0.467 e. The summed E-state index contributed by atoms with van der Waals surface area (Å²) < 4.78 is 39.4. The van der Waals surface area contributed by atoms with Crippen LogP contribution >= 0.6 is 0 Å². The van der Waals surface area contributed by atoms with E-state index in [9.17, 15) is 28.8 Å². The first-order valence-electron chi connectivity index (χ1n) is 18.6. The maximum absolute atomic E-state index is 12.9. The van der Waals surface area contributed by atoms with E-state index in [0.717, 1.165) is 65.9 Å². The number of hydrogen-bond donors (Lipinski definition) is 2. The Morgan fingerprint density at radius 3 is 2.02 bits per heavy atom. The zero-order chi connectivity index (χ0) is 38.8. The van der Waals surface area contributed by atoms with Crippen LogP contribution in [0.15, 0.2) is 5.10 Å². The molecule has 0 unspecified atom stereocenters. The maximum Gasteiger partial charge on any atom is 0.339 e. The van der Waals surface area contributed by atoms with E-state index in [1.165, 1.54) is 13.8 Å². The zero-order valence-corrected chi connectivity index (χ0v) is 31.8. The Balaban J connectivity index is 1.33. The smallest absolute Gasteiger partial charge is 0.339 e. The topological polar surface area (TPSA) is 217 Å². The number of fused-ring (bicyclic) bond motifs is 5. The lowest BCUT2D eigenvalue weighted by Gasteiger charge is -2.61. The average Bonchev–Trinajstić information content (AvgIpc) is 3.43. The molecular weight excluding hydrogens is 694 g/mol. The maximum atomic E-state index is 12.9. The molecule has 296 valence electrons. The number of rotatable bonds is 10. The SMILES string of the molecule is COC(=O)[C@@H]1O[C@@H](O[C@@H]2CC[C@]3(C)[C@H](CC[C@@H]4[C@@H]3CC[C@]3(C)[C@H](/C(COC(C)=O)=N\NC(N)=O)CC[C@@H]43)C2)[C@H](OC(C)=O)[C@@H](OC(C)=O)[C@@H]1OC(C)=O. The van der Waals surface area contributed by atoms with Crippen molar-refractivity contribution in [2.45, 2.75) is 136 Å². The van der Waals surface area contributed by atoms with Crippen LogP contribution in [-0.2, 0) is 57.1 Å². The molecule has 1 heterocycles. The van der Waals surface area contributed by atoms with E-state index < -0.39 is 66.6 Å². The van der Waals surface area contributed by atoms with E-state index in [4.69, 9.17) is 38.9 Å². The van der Waals surface area contributed by atoms with Crippen LogP contribution in [0.1, 0.15) is 99.3 Å². The van der Waals surface area contributed by atoms with Crippen LogP contribution in [0, 0.1) is 40.4 Å². The molecule has 1 saturated heterocycles. The van der Waals surface area contributed by atoms with Gasteiger partial charge in [0, 0.05) is 33.6 Å². The van der Waals surface area contributed by atoms with E-state index in [1.807, 2.05) is 0 Å². The number of esters is 5. The molecule has 3 N–H and O–H groups in total. The van der Waals surface area contributed by atoms with Crippen molar-refractivity contribution in [2.75, 3.05) is 13.7 Å². The number of ether oxygens (including phenoxy) is 7. The molecule has 0 aromatic rings. The normalized spacial score (nSPS) is 39.2. The van der Waals surface area contributed by atoms with Gasteiger partial charge in [0.2, 0.25) is 0 Å². The van der Waals surface area contributed by atoms with Gasteiger partial charge in [0.25, 0.3) is 0 Å². The summed E-state index contributed by atoms with van der Waals surface area (Å²) in [4.78, 5) is 72.7. The third-order valence-corrected chi connectivity index (χ3v) is 12.9. The fourth-order valence-corrected chi connectivity index (χ4v) is 10.8. The van der Waals surface area contributed by atoms with Crippen LogP contribution in [0.3, 0.4) is 0 Å². The van der Waals surface area contributed by atoms with Crippen LogP contribution in [0.4, 0.5) is 4.79 Å². The van der Waals surface area contributed by atoms with Crippen molar-refractivity contribution in [3.63, 3.8) is 0 Å². The molecule has 0 aromatic heterocycles. The van der Waals surface area contributed by atoms with Gasteiger partial charge in [-0.15, -0.1) is 0 Å². The summed E-state index contributed by atoms with van der Waals surface area (Å²) in [6, 6.07) is -0.768. The van der Waals surface area contributed by atoms with Gasteiger partial charge in [-0.2, -0.15) is 5.10 Å². The molecule has 53 heavy (non-hydrogen) atoms. The second kappa shape index (κ2) is 16.3. The second-order valence-electron chi connectivity index (χ2n) is 15.9. The lowest BCUT2D eigenvalue weighted by molar-refractivity contribution is -0.315. The number of amides is 2. The highest BCUT2D eigenvalue weighted by molar-refractivity contribution is 5.91. The Morgan fingerprint density at radius 2 is 1.40 bits per heavy atom. The van der Waals surface area contributed by atoms with Gasteiger partial charge in [-0.1, -0.05) is 13.8 Å². The Morgan fingerprint density at radius 1 is 0.774 bits per heavy atom. The number of methoxy groups -OCH3 is 1. The molecule has 0 aromatic carbocycles. The number of carbonyl (C=O) groups excluding carboxylic acids is 6. The van der Waals surface area contributed by atoms with Gasteiger partial charge in [0.1, 0.15) is 6.61 Å². The van der Waals surface area contributed by atoms with Crippen molar-refractivity contribution < 1.29 is 61.9 Å². The fraction of sp³-hybridized carbons (Fsp3) is 0.811. The highest BCUT2D eigenvalue weighted by Gasteiger charge is 2.62. The minimum absolute atomic E-state index is 0.00723. The molecule has 0 bridgehead atoms. The summed E-state index contributed by atoms with van der Waals surface area (Å²) in [6.45, 7) is 9.55. The van der Waals surface area contributed by atoms with Gasteiger partial charge in [-0.25, -0.2) is 15.0 Å². The van der Waals surface area contributed by atoms with Gasteiger partial charge in [0.15, 0.2) is 30.7 Å². The number of nitrogens with one attached hydrogen (secondary N) is 1. The number of urea groups is 1. The second-order valence-corrected chi connectivity index (χ2v) is 15.9. The summed E-state index contributed by atoms with van der Waals surface area (Å²) in [7, 11) is 1.15. The van der Waals surface area contributed by atoms with Crippen molar-refractivity contribution in [1.82, 2.24) is 5.43 Å². The molecule has 0 spiro atoms. The van der Waals surface area contributed by atoms with Gasteiger partial charge in [-0.05, 0) is 92.3 Å². The standard InChI is InChI=1S/C37H55N3O13/c1-18(41)48-17-28(39-40-35(38)46)27-11-10-25-24-9-8-22-16-23(12-14-36(22,5)26(24)13-15-37(25,27)6)52-34-32(51-21(4)44)30(50-20(3)43)29(49-19(2)42)31(53-34)33(45)47-7/h22-27,29-32,34H,8-17H2,1-7H3,(H3,38,40,46)/b39-28-/t22-,23-,24+,25+,26+,27+,29+,30+,31-,32-,34-,36-,37+/m1/s1. The highest BCUT2D eigenvalue weighted by atomic mass is 16.7. The minimum atomic E-state index is -1.51. The first kappa shape index (κ1) is 40.4. The fourth-order valence-electron chi connectivity index (χ4n) is 10.8. The highest BCUT2D eigenvalue weighted by Crippen LogP contribution is 2.67. The van der Waals surface area contributed by atoms with Crippen LogP contribution in [0.25, 0.3) is 0 Å². The molecule has 16 heteroatoms. The summed E-state index contributed by atoms with van der Waals surface area (Å²) >= 11 is 0. The van der Waals surface area contributed by atoms with Crippen LogP contribution < -0.4 is 11.2 Å². The van der Waals surface area contributed by atoms with E-state index in [0.29, 0.717) is 42.2 Å². The van der Waals surface area contributed by atoms with Gasteiger partial charge in [-0.3, -0.25) is 19.2 Å². The number of primary amides is 1. The van der Waals surface area contributed by atoms with Gasteiger partial charge >= 0.3 is 35.9 Å². The molecule has 5 rings (SSSR count). The summed E-state index contributed by atoms with van der Waals surface area (Å²) in [5, 5.41) is 4.32. The Hall–Kier alpha value is -3.79. The Bertz CT molecular complexity index is 1470. The number of nitrogens with two attached hydrogens (primary N) is 1. The average molecular weight is 750 g/mol.